The Morgan fingerprint density at radius 3 is 2.59 bits per heavy atom. The fourth-order valence-electron chi connectivity index (χ4n) is 2.46. The minimum Gasteiger partial charge on any atom is -0.368 e. The minimum atomic E-state index is -0.681. The Morgan fingerprint density at radius 2 is 2.00 bits per heavy atom. The second kappa shape index (κ2) is 8.92. The number of quaternary nitrogens is 1. The van der Waals surface area contributed by atoms with Crippen LogP contribution in [-0.4, -0.2) is 27.8 Å². The summed E-state index contributed by atoms with van der Waals surface area (Å²) in [6.07, 6.45) is 1.82. The van der Waals surface area contributed by atoms with Crippen molar-refractivity contribution in [2.45, 2.75) is 26.3 Å². The maximum atomic E-state index is 11.7. The molecule has 2 rings (SSSR count). The van der Waals surface area contributed by atoms with Crippen molar-refractivity contribution in [3.8, 4) is 0 Å². The molecule has 144 valence electrons. The maximum Gasteiger partial charge on any atom is 0.254 e. The normalized spacial score (nSPS) is 11.9. The number of benzene rings is 1. The molecule has 0 fully saturated rings. The van der Waals surface area contributed by atoms with Crippen LogP contribution in [0.25, 0.3) is 0 Å². The second-order valence-corrected chi connectivity index (χ2v) is 6.47. The van der Waals surface area contributed by atoms with Crippen LogP contribution in [0, 0.1) is 5.92 Å². The van der Waals surface area contributed by atoms with E-state index in [0.717, 1.165) is 5.69 Å². The monoisotopic (exact) mass is 373 g/mol. The first-order chi connectivity index (χ1) is 12.8. The Labute approximate surface area is 156 Å². The number of anilines is 3. The smallest absolute Gasteiger partial charge is 0.254 e. The van der Waals surface area contributed by atoms with Crippen molar-refractivity contribution in [3.63, 3.8) is 0 Å². The molecule has 1 heterocycles. The van der Waals surface area contributed by atoms with E-state index >= 15 is 0 Å². The minimum absolute atomic E-state index is 0.113. The Morgan fingerprint density at radius 1 is 1.26 bits per heavy atom. The SMILES string of the molecule is CC(C)CC(Nc1ncc(C(N)=O)c(Nc2cccc([NH2+]N)c2)n1)C(N)=O. The molecule has 1 atom stereocenters. The topological polar surface area (TPSA) is 179 Å². The zero-order valence-corrected chi connectivity index (χ0v) is 15.3. The molecule has 1 unspecified atom stereocenters. The van der Waals surface area contributed by atoms with Crippen LogP contribution in [0.15, 0.2) is 30.5 Å². The summed E-state index contributed by atoms with van der Waals surface area (Å²) in [6.45, 7) is 3.95. The summed E-state index contributed by atoms with van der Waals surface area (Å²) in [4.78, 5) is 31.7. The lowest BCUT2D eigenvalue weighted by Gasteiger charge is -2.18. The second-order valence-electron chi connectivity index (χ2n) is 6.47. The summed E-state index contributed by atoms with van der Waals surface area (Å²) >= 11 is 0. The number of nitrogens with zero attached hydrogens (tertiary/aromatic N) is 2. The van der Waals surface area contributed by atoms with Gasteiger partial charge in [-0.05, 0) is 18.4 Å². The lowest BCUT2D eigenvalue weighted by molar-refractivity contribution is -0.584. The van der Waals surface area contributed by atoms with Gasteiger partial charge in [0.25, 0.3) is 5.91 Å². The molecular weight excluding hydrogens is 348 g/mol. The van der Waals surface area contributed by atoms with Gasteiger partial charge in [0.1, 0.15) is 17.4 Å². The number of nitrogens with two attached hydrogens (primary N) is 4. The number of aromatic nitrogens is 2. The number of nitrogens with one attached hydrogen (secondary N) is 2. The predicted molar refractivity (Wildman–Crippen MR) is 102 cm³/mol. The van der Waals surface area contributed by atoms with Gasteiger partial charge in [0, 0.05) is 24.0 Å². The third-order valence-electron chi connectivity index (χ3n) is 3.75. The molecule has 2 amide bonds. The molecule has 0 spiro atoms. The number of carbonyl (C=O) groups excluding carboxylic acids is 2. The molecule has 10 N–H and O–H groups in total. The van der Waals surface area contributed by atoms with E-state index in [4.69, 9.17) is 17.3 Å². The summed E-state index contributed by atoms with van der Waals surface area (Å²) < 4.78 is 0. The van der Waals surface area contributed by atoms with Gasteiger partial charge < -0.3 is 22.1 Å². The average molecular weight is 373 g/mol. The van der Waals surface area contributed by atoms with Gasteiger partial charge in [-0.15, -0.1) is 0 Å². The lowest BCUT2D eigenvalue weighted by atomic mass is 10.0. The van der Waals surface area contributed by atoms with E-state index in [1.54, 1.807) is 18.2 Å². The molecular formula is C17H25N8O2+. The molecule has 0 bridgehead atoms. The third-order valence-corrected chi connectivity index (χ3v) is 3.75. The highest BCUT2D eigenvalue weighted by molar-refractivity contribution is 5.98. The number of primary amides is 2. The Balaban J connectivity index is 2.32. The zero-order valence-electron chi connectivity index (χ0n) is 15.3. The van der Waals surface area contributed by atoms with Gasteiger partial charge in [0.15, 0.2) is 5.69 Å². The zero-order chi connectivity index (χ0) is 20.0. The standard InChI is InChI=1S/C17H24N8O2/c1-9(2)6-13(15(19)27)23-17-21-8-12(14(18)26)16(24-17)22-10-4-3-5-11(7-10)25-20/h3-5,7-9,13,25H,6,20H2,1-2H3,(H2,18,26)(H2,19,27)(H2,21,22,23,24)/p+1. The van der Waals surface area contributed by atoms with Gasteiger partial charge in [-0.25, -0.2) is 10.4 Å². The molecule has 0 aliphatic heterocycles. The van der Waals surface area contributed by atoms with Crippen LogP contribution in [0.3, 0.4) is 0 Å². The molecule has 1 aromatic carbocycles. The van der Waals surface area contributed by atoms with Crippen LogP contribution < -0.4 is 33.4 Å². The van der Waals surface area contributed by atoms with Gasteiger partial charge in [0.05, 0.1) is 0 Å². The van der Waals surface area contributed by atoms with Crippen molar-refractivity contribution in [1.82, 2.24) is 9.97 Å². The van der Waals surface area contributed by atoms with Crippen molar-refractivity contribution in [2.75, 3.05) is 10.6 Å². The fourth-order valence-corrected chi connectivity index (χ4v) is 2.46. The third kappa shape index (κ3) is 5.62. The highest BCUT2D eigenvalue weighted by Crippen LogP contribution is 2.21. The lowest BCUT2D eigenvalue weighted by Crippen LogP contribution is -2.85. The highest BCUT2D eigenvalue weighted by atomic mass is 16.1. The van der Waals surface area contributed by atoms with Crippen LogP contribution in [0.1, 0.15) is 30.6 Å². The Bertz CT molecular complexity index is 824. The fraction of sp³-hybridized carbons (Fsp3) is 0.294. The van der Waals surface area contributed by atoms with Crippen LogP contribution >= 0.6 is 0 Å². The van der Waals surface area contributed by atoms with E-state index in [9.17, 15) is 9.59 Å². The summed E-state index contributed by atoms with van der Waals surface area (Å²) in [5.74, 6) is 4.96. The molecule has 10 nitrogen and oxygen atoms in total. The van der Waals surface area contributed by atoms with Crippen molar-refractivity contribution >= 4 is 35.0 Å². The molecule has 0 aliphatic carbocycles. The number of rotatable bonds is 9. The number of hydrogen-bond donors (Lipinski definition) is 6. The molecule has 0 saturated carbocycles. The van der Waals surface area contributed by atoms with E-state index in [-0.39, 0.29) is 23.2 Å². The number of amides is 2. The van der Waals surface area contributed by atoms with Crippen molar-refractivity contribution in [2.24, 2.45) is 23.2 Å². The number of carbonyl (C=O) groups is 2. The highest BCUT2D eigenvalue weighted by Gasteiger charge is 2.19. The van der Waals surface area contributed by atoms with Crippen LogP contribution in [0.5, 0.6) is 0 Å². The van der Waals surface area contributed by atoms with Gasteiger partial charge in [0.2, 0.25) is 11.9 Å². The molecule has 1 aromatic heterocycles. The van der Waals surface area contributed by atoms with E-state index in [1.165, 1.54) is 11.6 Å². The van der Waals surface area contributed by atoms with Gasteiger partial charge in [-0.3, -0.25) is 9.59 Å². The summed E-state index contributed by atoms with van der Waals surface area (Å²) in [7, 11) is 0. The van der Waals surface area contributed by atoms with E-state index in [2.05, 4.69) is 20.6 Å². The van der Waals surface area contributed by atoms with Gasteiger partial charge in [-0.2, -0.15) is 10.8 Å². The van der Waals surface area contributed by atoms with E-state index < -0.39 is 17.9 Å². The summed E-state index contributed by atoms with van der Waals surface area (Å²) in [5.41, 5.74) is 13.9. The van der Waals surface area contributed by atoms with Gasteiger partial charge in [-0.1, -0.05) is 19.9 Å². The largest absolute Gasteiger partial charge is 0.368 e. The number of hydrogen-bond acceptors (Lipinski definition) is 7. The van der Waals surface area contributed by atoms with Crippen LogP contribution in [0.4, 0.5) is 23.1 Å². The molecule has 0 saturated heterocycles. The molecule has 0 radical (unpaired) electrons. The Kier molecular flexibility index (Phi) is 6.63. The van der Waals surface area contributed by atoms with Crippen molar-refractivity contribution in [1.29, 1.82) is 0 Å². The van der Waals surface area contributed by atoms with Crippen molar-refractivity contribution < 1.29 is 15.0 Å². The maximum absolute atomic E-state index is 11.7. The quantitative estimate of drug-likeness (QED) is 0.198. The molecule has 0 aliphatic rings. The summed E-state index contributed by atoms with van der Waals surface area (Å²) in [5, 5.41) is 5.94. The first-order valence-corrected chi connectivity index (χ1v) is 8.45. The molecule has 2 aromatic rings. The predicted octanol–water partition coefficient (Wildman–Crippen LogP) is -0.300. The van der Waals surface area contributed by atoms with Gasteiger partial charge >= 0.3 is 0 Å². The molecule has 10 heteroatoms. The van der Waals surface area contributed by atoms with E-state index in [1.807, 2.05) is 19.9 Å². The first kappa shape index (κ1) is 20.1. The van der Waals surface area contributed by atoms with E-state index in [0.29, 0.717) is 12.1 Å². The first-order valence-electron chi connectivity index (χ1n) is 8.45. The van der Waals surface area contributed by atoms with Crippen LogP contribution in [0.2, 0.25) is 0 Å². The van der Waals surface area contributed by atoms with Crippen LogP contribution in [-0.2, 0) is 4.79 Å². The molecule has 27 heavy (non-hydrogen) atoms. The summed E-state index contributed by atoms with van der Waals surface area (Å²) in [6, 6.07) is 6.57. The average Bonchev–Trinajstić information content (AvgIpc) is 2.60. The Hall–Kier alpha value is -3.24. The van der Waals surface area contributed by atoms with Crippen molar-refractivity contribution in [3.05, 3.63) is 36.0 Å².